The zero-order chi connectivity index (χ0) is 12.5. The van der Waals surface area contributed by atoms with Crippen LogP contribution in [0.4, 0.5) is 18.3 Å². The summed E-state index contributed by atoms with van der Waals surface area (Å²) in [7, 11) is 0. The minimum Gasteiger partial charge on any atom is -0.357 e. The van der Waals surface area contributed by atoms with Crippen molar-refractivity contribution in [1.29, 1.82) is 0 Å². The van der Waals surface area contributed by atoms with Crippen LogP contribution in [-0.2, 0) is 12.7 Å². The van der Waals surface area contributed by atoms with Crippen LogP contribution < -0.4 is 5.32 Å². The third-order valence-electron chi connectivity index (χ3n) is 1.88. The first-order valence-corrected chi connectivity index (χ1v) is 6.94. The van der Waals surface area contributed by atoms with Gasteiger partial charge < -0.3 is 5.32 Å². The smallest absolute Gasteiger partial charge is 0.357 e. The highest BCUT2D eigenvalue weighted by atomic mass is 79.9. The largest absolute Gasteiger partial charge is 0.427 e. The van der Waals surface area contributed by atoms with Crippen molar-refractivity contribution in [2.75, 3.05) is 5.32 Å². The van der Waals surface area contributed by atoms with Crippen LogP contribution in [0, 0.1) is 0 Å². The number of halogens is 4. The van der Waals surface area contributed by atoms with Crippen molar-refractivity contribution in [3.05, 3.63) is 31.9 Å². The van der Waals surface area contributed by atoms with Gasteiger partial charge in [-0.25, -0.2) is 4.98 Å². The summed E-state index contributed by atoms with van der Waals surface area (Å²) in [6, 6.07) is 1.89. The fourth-order valence-electron chi connectivity index (χ4n) is 1.09. The SMILES string of the molecule is FC(F)(F)c1cnc(NCc2sccc2Br)s1. The van der Waals surface area contributed by atoms with Crippen molar-refractivity contribution in [3.63, 3.8) is 0 Å². The number of aromatic nitrogens is 1. The van der Waals surface area contributed by atoms with E-state index in [1.807, 2.05) is 11.4 Å². The Labute approximate surface area is 112 Å². The van der Waals surface area contributed by atoms with Gasteiger partial charge in [0.05, 0.1) is 12.7 Å². The molecule has 0 radical (unpaired) electrons. The molecule has 0 aliphatic rings. The Kier molecular flexibility index (Phi) is 3.74. The molecular formula is C9H6BrF3N2S2. The number of hydrogen-bond acceptors (Lipinski definition) is 4. The normalized spacial score (nSPS) is 11.8. The molecule has 2 aromatic heterocycles. The van der Waals surface area contributed by atoms with Gasteiger partial charge in [-0.15, -0.1) is 11.3 Å². The van der Waals surface area contributed by atoms with Gasteiger partial charge >= 0.3 is 6.18 Å². The fourth-order valence-corrected chi connectivity index (χ4v) is 3.21. The Morgan fingerprint density at radius 3 is 2.71 bits per heavy atom. The molecule has 0 saturated carbocycles. The molecule has 0 unspecified atom stereocenters. The Morgan fingerprint density at radius 2 is 2.18 bits per heavy atom. The lowest BCUT2D eigenvalue weighted by atomic mass is 10.5. The maximum atomic E-state index is 12.3. The molecule has 17 heavy (non-hydrogen) atoms. The summed E-state index contributed by atoms with van der Waals surface area (Å²) in [4.78, 5) is 4.02. The quantitative estimate of drug-likeness (QED) is 0.881. The van der Waals surface area contributed by atoms with E-state index < -0.39 is 11.1 Å². The highest BCUT2D eigenvalue weighted by Crippen LogP contribution is 2.35. The van der Waals surface area contributed by atoms with Crippen LogP contribution in [0.1, 0.15) is 9.75 Å². The summed E-state index contributed by atoms with van der Waals surface area (Å²) in [6.07, 6.45) is -3.47. The van der Waals surface area contributed by atoms with Crippen LogP contribution in [0.3, 0.4) is 0 Å². The summed E-state index contributed by atoms with van der Waals surface area (Å²) < 4.78 is 37.9. The average molecular weight is 343 g/mol. The van der Waals surface area contributed by atoms with Crippen molar-refractivity contribution in [1.82, 2.24) is 4.98 Å². The monoisotopic (exact) mass is 342 g/mol. The zero-order valence-electron chi connectivity index (χ0n) is 8.21. The van der Waals surface area contributed by atoms with E-state index >= 15 is 0 Å². The Balaban J connectivity index is 2.01. The minimum atomic E-state index is -4.32. The fraction of sp³-hybridized carbons (Fsp3) is 0.222. The van der Waals surface area contributed by atoms with E-state index in [0.29, 0.717) is 17.9 Å². The molecule has 0 amide bonds. The highest BCUT2D eigenvalue weighted by Gasteiger charge is 2.33. The molecule has 1 N–H and O–H groups in total. The second-order valence-electron chi connectivity index (χ2n) is 3.07. The van der Waals surface area contributed by atoms with E-state index in [2.05, 4.69) is 26.2 Å². The van der Waals surface area contributed by atoms with Crippen molar-refractivity contribution in [2.24, 2.45) is 0 Å². The van der Waals surface area contributed by atoms with E-state index in [0.717, 1.165) is 15.5 Å². The summed E-state index contributed by atoms with van der Waals surface area (Å²) >= 11 is 5.49. The lowest BCUT2D eigenvalue weighted by molar-refractivity contribution is -0.134. The number of thiophene rings is 1. The maximum absolute atomic E-state index is 12.3. The Morgan fingerprint density at radius 1 is 1.41 bits per heavy atom. The zero-order valence-corrected chi connectivity index (χ0v) is 11.4. The van der Waals surface area contributed by atoms with Gasteiger partial charge in [0.1, 0.15) is 4.88 Å². The molecule has 0 aliphatic heterocycles. The number of nitrogens with zero attached hydrogens (tertiary/aromatic N) is 1. The number of rotatable bonds is 3. The molecule has 8 heteroatoms. The van der Waals surface area contributed by atoms with Crippen LogP contribution in [0.25, 0.3) is 0 Å². The van der Waals surface area contributed by atoms with Gasteiger partial charge in [0, 0.05) is 9.35 Å². The first kappa shape index (κ1) is 12.8. The number of hydrogen-bond donors (Lipinski definition) is 1. The van der Waals surface area contributed by atoms with Gasteiger partial charge in [0.2, 0.25) is 0 Å². The second kappa shape index (κ2) is 4.95. The van der Waals surface area contributed by atoms with Crippen LogP contribution >= 0.6 is 38.6 Å². The summed E-state index contributed by atoms with van der Waals surface area (Å²) in [5.74, 6) is 0. The summed E-state index contributed by atoms with van der Waals surface area (Å²) in [6.45, 7) is 0.461. The summed E-state index contributed by atoms with van der Waals surface area (Å²) in [5, 5.41) is 5.05. The molecule has 2 aromatic rings. The third-order valence-corrected chi connectivity index (χ3v) is 4.80. The molecule has 0 aromatic carbocycles. The minimum absolute atomic E-state index is 0.276. The molecule has 0 bridgehead atoms. The molecular weight excluding hydrogens is 337 g/mol. The van der Waals surface area contributed by atoms with E-state index in [1.165, 1.54) is 11.3 Å². The predicted molar refractivity (Wildman–Crippen MR) is 66.5 cm³/mol. The molecule has 92 valence electrons. The lowest BCUT2D eigenvalue weighted by Gasteiger charge is -2.01. The number of anilines is 1. The van der Waals surface area contributed by atoms with Crippen LogP contribution in [0.5, 0.6) is 0 Å². The molecule has 0 aliphatic carbocycles. The van der Waals surface area contributed by atoms with Crippen molar-refractivity contribution in [3.8, 4) is 0 Å². The molecule has 0 spiro atoms. The van der Waals surface area contributed by atoms with Crippen molar-refractivity contribution in [2.45, 2.75) is 12.7 Å². The number of alkyl halides is 3. The van der Waals surface area contributed by atoms with Gasteiger partial charge in [-0.1, -0.05) is 11.3 Å². The topological polar surface area (TPSA) is 24.9 Å². The van der Waals surface area contributed by atoms with Gasteiger partial charge in [-0.3, -0.25) is 0 Å². The standard InChI is InChI=1S/C9H6BrF3N2S2/c10-5-1-2-16-6(5)3-14-8-15-4-7(17-8)9(11,12)13/h1-2,4H,3H2,(H,14,15). The Hall–Kier alpha value is -0.600. The van der Waals surface area contributed by atoms with Crippen molar-refractivity contribution < 1.29 is 13.2 Å². The Bertz CT molecular complexity index is 506. The van der Waals surface area contributed by atoms with Crippen molar-refractivity contribution >= 4 is 43.7 Å². The molecule has 0 saturated heterocycles. The van der Waals surface area contributed by atoms with E-state index in [1.54, 1.807) is 0 Å². The van der Waals surface area contributed by atoms with Crippen LogP contribution in [-0.4, -0.2) is 4.98 Å². The average Bonchev–Trinajstić information content (AvgIpc) is 2.82. The van der Waals surface area contributed by atoms with Gasteiger partial charge in [0.15, 0.2) is 5.13 Å². The summed E-state index contributed by atoms with van der Waals surface area (Å²) in [5.41, 5.74) is 0. The van der Waals surface area contributed by atoms with Crippen LogP contribution in [0.2, 0.25) is 0 Å². The first-order valence-electron chi connectivity index (χ1n) is 4.45. The number of nitrogens with one attached hydrogen (secondary N) is 1. The van der Waals surface area contributed by atoms with E-state index in [9.17, 15) is 13.2 Å². The van der Waals surface area contributed by atoms with E-state index in [-0.39, 0.29) is 5.13 Å². The third kappa shape index (κ3) is 3.20. The highest BCUT2D eigenvalue weighted by molar-refractivity contribution is 9.10. The lowest BCUT2D eigenvalue weighted by Crippen LogP contribution is -2.00. The molecule has 0 fully saturated rings. The van der Waals surface area contributed by atoms with Crippen LogP contribution in [0.15, 0.2) is 22.1 Å². The molecule has 2 nitrogen and oxygen atoms in total. The first-order chi connectivity index (χ1) is 7.97. The van der Waals surface area contributed by atoms with Gasteiger partial charge in [-0.05, 0) is 27.4 Å². The second-order valence-corrected chi connectivity index (χ2v) is 5.96. The molecule has 2 rings (SSSR count). The molecule has 0 atom stereocenters. The predicted octanol–water partition coefficient (Wildman–Crippen LogP) is 4.60. The number of thiazole rings is 1. The maximum Gasteiger partial charge on any atom is 0.427 e. The molecule has 2 heterocycles. The van der Waals surface area contributed by atoms with E-state index in [4.69, 9.17) is 0 Å². The van der Waals surface area contributed by atoms with Gasteiger partial charge in [-0.2, -0.15) is 13.2 Å². The van der Waals surface area contributed by atoms with Gasteiger partial charge in [0.25, 0.3) is 0 Å².